The SMILES string of the molecule is CCOc1ccc(CN2CCCN(CC(=O)O)CC2)cc1. The van der Waals surface area contributed by atoms with Crippen LogP contribution in [0, 0.1) is 0 Å². The van der Waals surface area contributed by atoms with Crippen molar-refractivity contribution in [1.82, 2.24) is 9.80 Å². The molecule has 5 nitrogen and oxygen atoms in total. The number of aliphatic carboxylic acids is 1. The third-order valence-electron chi connectivity index (χ3n) is 3.68. The van der Waals surface area contributed by atoms with Crippen molar-refractivity contribution in [2.24, 2.45) is 0 Å². The van der Waals surface area contributed by atoms with Crippen LogP contribution >= 0.6 is 0 Å². The molecule has 5 heteroatoms. The number of benzene rings is 1. The van der Waals surface area contributed by atoms with Gasteiger partial charge in [0.15, 0.2) is 0 Å². The maximum Gasteiger partial charge on any atom is 0.317 e. The summed E-state index contributed by atoms with van der Waals surface area (Å²) in [6, 6.07) is 8.22. The molecule has 116 valence electrons. The second-order valence-corrected chi connectivity index (χ2v) is 5.38. The summed E-state index contributed by atoms with van der Waals surface area (Å²) in [7, 11) is 0. The molecular formula is C16H24N2O3. The van der Waals surface area contributed by atoms with Crippen LogP contribution in [0.25, 0.3) is 0 Å². The average molecular weight is 292 g/mol. The van der Waals surface area contributed by atoms with Gasteiger partial charge in [-0.05, 0) is 37.6 Å². The molecule has 0 bridgehead atoms. The summed E-state index contributed by atoms with van der Waals surface area (Å²) < 4.78 is 5.45. The van der Waals surface area contributed by atoms with Crippen LogP contribution in [0.2, 0.25) is 0 Å². The Balaban J connectivity index is 1.84. The molecule has 1 N–H and O–H groups in total. The van der Waals surface area contributed by atoms with E-state index in [1.54, 1.807) is 0 Å². The summed E-state index contributed by atoms with van der Waals surface area (Å²) in [5, 5.41) is 8.86. The molecule has 1 heterocycles. The average Bonchev–Trinajstić information content (AvgIpc) is 2.66. The van der Waals surface area contributed by atoms with E-state index in [-0.39, 0.29) is 6.54 Å². The van der Waals surface area contributed by atoms with Gasteiger partial charge in [-0.1, -0.05) is 12.1 Å². The van der Waals surface area contributed by atoms with E-state index in [2.05, 4.69) is 17.0 Å². The Hall–Kier alpha value is -1.59. The normalized spacial score (nSPS) is 17.4. The molecule has 0 aliphatic carbocycles. The van der Waals surface area contributed by atoms with Gasteiger partial charge in [0.2, 0.25) is 0 Å². The molecule has 0 saturated carbocycles. The minimum atomic E-state index is -0.741. The summed E-state index contributed by atoms with van der Waals surface area (Å²) in [5.74, 6) is 0.166. The van der Waals surface area contributed by atoms with Crippen LogP contribution in [0.15, 0.2) is 24.3 Å². The number of nitrogens with zero attached hydrogens (tertiary/aromatic N) is 2. The Labute approximate surface area is 126 Å². The molecule has 1 aromatic rings. The Morgan fingerprint density at radius 2 is 1.81 bits per heavy atom. The highest BCUT2D eigenvalue weighted by molar-refractivity contribution is 5.69. The van der Waals surface area contributed by atoms with Crippen LogP contribution < -0.4 is 4.74 Å². The van der Waals surface area contributed by atoms with Gasteiger partial charge in [-0.2, -0.15) is 0 Å². The highest BCUT2D eigenvalue weighted by atomic mass is 16.5. The first-order valence-electron chi connectivity index (χ1n) is 7.55. The molecule has 0 atom stereocenters. The molecule has 1 saturated heterocycles. The lowest BCUT2D eigenvalue weighted by atomic mass is 10.2. The number of hydrogen-bond acceptors (Lipinski definition) is 4. The lowest BCUT2D eigenvalue weighted by Gasteiger charge is -2.21. The zero-order valence-corrected chi connectivity index (χ0v) is 12.6. The monoisotopic (exact) mass is 292 g/mol. The zero-order valence-electron chi connectivity index (χ0n) is 12.6. The summed E-state index contributed by atoms with van der Waals surface area (Å²) in [6.07, 6.45) is 1.02. The van der Waals surface area contributed by atoms with E-state index in [4.69, 9.17) is 9.84 Å². The van der Waals surface area contributed by atoms with Crippen molar-refractivity contribution in [3.05, 3.63) is 29.8 Å². The molecule has 0 radical (unpaired) electrons. The largest absolute Gasteiger partial charge is 0.494 e. The fourth-order valence-corrected chi connectivity index (χ4v) is 2.65. The molecule has 0 unspecified atom stereocenters. The van der Waals surface area contributed by atoms with Gasteiger partial charge in [0.05, 0.1) is 13.2 Å². The second-order valence-electron chi connectivity index (χ2n) is 5.38. The lowest BCUT2D eigenvalue weighted by Crippen LogP contribution is -2.34. The van der Waals surface area contributed by atoms with Crippen molar-refractivity contribution < 1.29 is 14.6 Å². The van der Waals surface area contributed by atoms with Crippen LogP contribution in [-0.2, 0) is 11.3 Å². The van der Waals surface area contributed by atoms with Gasteiger partial charge in [-0.25, -0.2) is 0 Å². The summed E-state index contributed by atoms with van der Waals surface area (Å²) in [6.45, 7) is 7.35. The van der Waals surface area contributed by atoms with Crippen molar-refractivity contribution in [2.75, 3.05) is 39.3 Å². The number of carbonyl (C=O) groups is 1. The molecule has 0 aromatic heterocycles. The lowest BCUT2D eigenvalue weighted by molar-refractivity contribution is -0.138. The van der Waals surface area contributed by atoms with Gasteiger partial charge in [0.1, 0.15) is 5.75 Å². The molecular weight excluding hydrogens is 268 g/mol. The molecule has 0 spiro atoms. The van der Waals surface area contributed by atoms with E-state index in [0.29, 0.717) is 6.61 Å². The Morgan fingerprint density at radius 3 is 2.48 bits per heavy atom. The second kappa shape index (κ2) is 8.00. The third-order valence-corrected chi connectivity index (χ3v) is 3.68. The van der Waals surface area contributed by atoms with Crippen LogP contribution in [0.1, 0.15) is 18.9 Å². The predicted molar refractivity (Wildman–Crippen MR) is 81.6 cm³/mol. The van der Waals surface area contributed by atoms with Gasteiger partial charge in [0, 0.05) is 26.2 Å². The predicted octanol–water partition coefficient (Wildman–Crippen LogP) is 1.68. The van der Waals surface area contributed by atoms with E-state index in [9.17, 15) is 4.79 Å². The molecule has 1 aromatic carbocycles. The maximum absolute atomic E-state index is 10.8. The fraction of sp³-hybridized carbons (Fsp3) is 0.562. The van der Waals surface area contributed by atoms with Crippen LogP contribution in [0.5, 0.6) is 5.75 Å². The molecule has 2 rings (SSSR count). The van der Waals surface area contributed by atoms with Gasteiger partial charge in [-0.3, -0.25) is 14.6 Å². The van der Waals surface area contributed by atoms with Gasteiger partial charge < -0.3 is 9.84 Å². The van der Waals surface area contributed by atoms with Crippen molar-refractivity contribution in [1.29, 1.82) is 0 Å². The van der Waals surface area contributed by atoms with Crippen molar-refractivity contribution in [3.8, 4) is 5.75 Å². The summed E-state index contributed by atoms with van der Waals surface area (Å²) >= 11 is 0. The molecule has 1 aliphatic rings. The molecule has 0 amide bonds. The van der Waals surface area contributed by atoms with Crippen LogP contribution in [0.4, 0.5) is 0 Å². The Kier molecular flexibility index (Phi) is 6.02. The summed E-state index contributed by atoms with van der Waals surface area (Å²) in [4.78, 5) is 15.2. The summed E-state index contributed by atoms with van der Waals surface area (Å²) in [5.41, 5.74) is 1.27. The van der Waals surface area contributed by atoms with E-state index in [1.807, 2.05) is 24.0 Å². The topological polar surface area (TPSA) is 53.0 Å². The fourth-order valence-electron chi connectivity index (χ4n) is 2.65. The van der Waals surface area contributed by atoms with Crippen LogP contribution in [0.3, 0.4) is 0 Å². The van der Waals surface area contributed by atoms with Gasteiger partial charge in [-0.15, -0.1) is 0 Å². The first kappa shape index (κ1) is 15.8. The van der Waals surface area contributed by atoms with Gasteiger partial charge >= 0.3 is 5.97 Å². The van der Waals surface area contributed by atoms with Crippen molar-refractivity contribution in [2.45, 2.75) is 19.9 Å². The molecule has 21 heavy (non-hydrogen) atoms. The quantitative estimate of drug-likeness (QED) is 0.864. The highest BCUT2D eigenvalue weighted by Gasteiger charge is 2.16. The molecule has 1 aliphatic heterocycles. The highest BCUT2D eigenvalue weighted by Crippen LogP contribution is 2.14. The Morgan fingerprint density at radius 1 is 1.14 bits per heavy atom. The first-order valence-corrected chi connectivity index (χ1v) is 7.55. The van der Waals surface area contributed by atoms with E-state index >= 15 is 0 Å². The zero-order chi connectivity index (χ0) is 15.1. The maximum atomic E-state index is 10.8. The van der Waals surface area contributed by atoms with E-state index in [1.165, 1.54) is 5.56 Å². The number of hydrogen-bond donors (Lipinski definition) is 1. The van der Waals surface area contributed by atoms with E-state index in [0.717, 1.165) is 44.9 Å². The van der Waals surface area contributed by atoms with Crippen LogP contribution in [-0.4, -0.2) is 60.2 Å². The minimum Gasteiger partial charge on any atom is -0.494 e. The molecule has 1 fully saturated rings. The first-order chi connectivity index (χ1) is 10.2. The number of ether oxygens (including phenoxy) is 1. The number of carboxylic acid groups (broad SMARTS) is 1. The van der Waals surface area contributed by atoms with Crippen molar-refractivity contribution >= 4 is 5.97 Å². The number of rotatable bonds is 6. The van der Waals surface area contributed by atoms with E-state index < -0.39 is 5.97 Å². The smallest absolute Gasteiger partial charge is 0.317 e. The Bertz CT molecular complexity index is 447. The number of carboxylic acids is 1. The minimum absolute atomic E-state index is 0.150. The van der Waals surface area contributed by atoms with Crippen molar-refractivity contribution in [3.63, 3.8) is 0 Å². The standard InChI is InChI=1S/C16H24N2O3/c1-2-21-15-6-4-14(5-7-15)12-17-8-3-9-18(11-10-17)13-16(19)20/h4-7H,2-3,8-13H2,1H3,(H,19,20). The third kappa shape index (κ3) is 5.36. The van der Waals surface area contributed by atoms with Gasteiger partial charge in [0.25, 0.3) is 0 Å².